The van der Waals surface area contributed by atoms with Gasteiger partial charge in [-0.1, -0.05) is 13.3 Å². The van der Waals surface area contributed by atoms with E-state index in [0.717, 1.165) is 6.54 Å². The van der Waals surface area contributed by atoms with Gasteiger partial charge in [0.25, 0.3) is 0 Å². The van der Waals surface area contributed by atoms with Crippen molar-refractivity contribution >= 4 is 0 Å². The van der Waals surface area contributed by atoms with Crippen LogP contribution in [0.25, 0.3) is 0 Å². The second-order valence-electron chi connectivity index (χ2n) is 4.78. The highest BCUT2D eigenvalue weighted by atomic mass is 16.5. The van der Waals surface area contributed by atoms with Gasteiger partial charge in [0.2, 0.25) is 0 Å². The maximum Gasteiger partial charge on any atom is 0.0549 e. The Labute approximate surface area is 88.4 Å². The molecule has 0 saturated heterocycles. The highest BCUT2D eigenvalue weighted by Gasteiger charge is 2.37. The molecule has 0 aromatic heterocycles. The van der Waals surface area contributed by atoms with E-state index in [1.54, 1.807) is 0 Å². The summed E-state index contributed by atoms with van der Waals surface area (Å²) in [6.45, 7) is 6.75. The predicted molar refractivity (Wildman–Crippen MR) is 60.5 cm³/mol. The fourth-order valence-corrected chi connectivity index (χ4v) is 2.35. The lowest BCUT2D eigenvalue weighted by molar-refractivity contribution is 0.0234. The lowest BCUT2D eigenvalue weighted by Gasteiger charge is -2.43. The zero-order chi connectivity index (χ0) is 10.4. The van der Waals surface area contributed by atoms with Crippen molar-refractivity contribution in [2.45, 2.75) is 52.1 Å². The van der Waals surface area contributed by atoms with Gasteiger partial charge < -0.3 is 10.1 Å². The second kappa shape index (κ2) is 5.72. The van der Waals surface area contributed by atoms with Crippen molar-refractivity contribution in [1.82, 2.24) is 5.32 Å². The summed E-state index contributed by atoms with van der Waals surface area (Å²) in [6, 6.07) is 0. The fraction of sp³-hybridized carbons (Fsp3) is 1.00. The molecule has 1 fully saturated rings. The molecule has 0 aromatic rings. The van der Waals surface area contributed by atoms with E-state index >= 15 is 0 Å². The van der Waals surface area contributed by atoms with Gasteiger partial charge in [0.1, 0.15) is 0 Å². The van der Waals surface area contributed by atoms with Gasteiger partial charge >= 0.3 is 0 Å². The van der Waals surface area contributed by atoms with E-state index in [1.165, 1.54) is 38.6 Å². The van der Waals surface area contributed by atoms with Crippen LogP contribution in [0.2, 0.25) is 0 Å². The quantitative estimate of drug-likeness (QED) is 0.636. The topological polar surface area (TPSA) is 21.3 Å². The van der Waals surface area contributed by atoms with E-state index in [0.29, 0.717) is 11.5 Å². The Balaban J connectivity index is 2.26. The molecule has 0 aromatic carbocycles. The molecule has 0 aliphatic heterocycles. The molecule has 1 unspecified atom stereocenters. The molecule has 0 spiro atoms. The summed E-state index contributed by atoms with van der Waals surface area (Å²) in [6.07, 6.45) is 7.05. The largest absolute Gasteiger partial charge is 0.382 e. The molecule has 84 valence electrons. The van der Waals surface area contributed by atoms with Gasteiger partial charge in [-0.25, -0.2) is 0 Å². The normalized spacial score (nSPS) is 21.6. The minimum atomic E-state index is 0.415. The van der Waals surface area contributed by atoms with Gasteiger partial charge in [-0.05, 0) is 44.6 Å². The average molecular weight is 199 g/mol. The van der Waals surface area contributed by atoms with Gasteiger partial charge in [-0.3, -0.25) is 0 Å². The molecule has 1 N–H and O–H groups in total. The Morgan fingerprint density at radius 1 is 1.43 bits per heavy atom. The molecule has 0 radical (unpaired) electrons. The first-order valence-corrected chi connectivity index (χ1v) is 5.96. The van der Waals surface area contributed by atoms with Crippen LogP contribution >= 0.6 is 0 Å². The Morgan fingerprint density at radius 3 is 2.57 bits per heavy atom. The van der Waals surface area contributed by atoms with Crippen LogP contribution < -0.4 is 5.32 Å². The van der Waals surface area contributed by atoms with Crippen molar-refractivity contribution in [1.29, 1.82) is 0 Å². The smallest absolute Gasteiger partial charge is 0.0549 e. The van der Waals surface area contributed by atoms with Gasteiger partial charge in [0.05, 0.1) is 6.10 Å². The number of ether oxygens (including phenoxy) is 1. The van der Waals surface area contributed by atoms with Crippen molar-refractivity contribution in [2.24, 2.45) is 5.41 Å². The number of hydrogen-bond acceptors (Lipinski definition) is 2. The lowest BCUT2D eigenvalue weighted by Crippen LogP contribution is -2.42. The summed E-state index contributed by atoms with van der Waals surface area (Å²) in [5, 5.41) is 3.55. The number of methoxy groups -OCH3 is 1. The van der Waals surface area contributed by atoms with Crippen LogP contribution in [0.4, 0.5) is 0 Å². The molecule has 2 heteroatoms. The molecule has 0 bridgehead atoms. The fourth-order valence-electron chi connectivity index (χ4n) is 2.35. The zero-order valence-corrected chi connectivity index (χ0v) is 9.94. The minimum absolute atomic E-state index is 0.415. The van der Waals surface area contributed by atoms with Gasteiger partial charge in [-0.2, -0.15) is 0 Å². The molecule has 0 heterocycles. The Kier molecular flexibility index (Phi) is 4.90. The first kappa shape index (κ1) is 12.0. The molecule has 2 nitrogen and oxygen atoms in total. The van der Waals surface area contributed by atoms with Crippen LogP contribution in [-0.4, -0.2) is 26.3 Å². The molecule has 0 amide bonds. The third-order valence-electron chi connectivity index (χ3n) is 3.46. The first-order valence-electron chi connectivity index (χ1n) is 5.96. The number of rotatable bonds is 7. The summed E-state index contributed by atoms with van der Waals surface area (Å²) in [4.78, 5) is 0. The van der Waals surface area contributed by atoms with Crippen LogP contribution in [0.1, 0.15) is 46.0 Å². The number of hydrogen-bond donors (Lipinski definition) is 1. The highest BCUT2D eigenvalue weighted by Crippen LogP contribution is 2.44. The van der Waals surface area contributed by atoms with Crippen LogP contribution in [0.5, 0.6) is 0 Å². The van der Waals surface area contributed by atoms with Crippen molar-refractivity contribution in [2.75, 3.05) is 20.2 Å². The third kappa shape index (κ3) is 3.25. The lowest BCUT2D eigenvalue weighted by atomic mass is 9.65. The van der Waals surface area contributed by atoms with Crippen LogP contribution in [-0.2, 0) is 4.74 Å². The Morgan fingerprint density at radius 2 is 2.14 bits per heavy atom. The summed E-state index contributed by atoms with van der Waals surface area (Å²) < 4.78 is 5.36. The van der Waals surface area contributed by atoms with Gasteiger partial charge in [0.15, 0.2) is 0 Å². The third-order valence-corrected chi connectivity index (χ3v) is 3.46. The van der Waals surface area contributed by atoms with E-state index in [1.807, 2.05) is 7.11 Å². The van der Waals surface area contributed by atoms with Crippen molar-refractivity contribution in [3.8, 4) is 0 Å². The maximum atomic E-state index is 5.36. The maximum absolute atomic E-state index is 5.36. The molecule has 1 atom stereocenters. The van der Waals surface area contributed by atoms with Crippen LogP contribution in [0.15, 0.2) is 0 Å². The SMILES string of the molecule is CCCNCC1(CC(C)OC)CCC1. The second-order valence-corrected chi connectivity index (χ2v) is 4.78. The van der Waals surface area contributed by atoms with Crippen LogP contribution in [0.3, 0.4) is 0 Å². The van der Waals surface area contributed by atoms with E-state index in [2.05, 4.69) is 19.2 Å². The van der Waals surface area contributed by atoms with Crippen molar-refractivity contribution in [3.05, 3.63) is 0 Å². The van der Waals surface area contributed by atoms with Crippen molar-refractivity contribution < 1.29 is 4.74 Å². The average Bonchev–Trinajstić information content (AvgIpc) is 2.14. The molecule has 1 rings (SSSR count). The minimum Gasteiger partial charge on any atom is -0.382 e. The molecule has 1 saturated carbocycles. The monoisotopic (exact) mass is 199 g/mol. The Hall–Kier alpha value is -0.0800. The molecule has 1 aliphatic carbocycles. The highest BCUT2D eigenvalue weighted by molar-refractivity contribution is 4.90. The number of nitrogens with one attached hydrogen (secondary N) is 1. The summed E-state index contributed by atoms with van der Waals surface area (Å²) in [5.41, 5.74) is 0.560. The molecular formula is C12H25NO. The Bertz CT molecular complexity index is 154. The van der Waals surface area contributed by atoms with E-state index in [4.69, 9.17) is 4.74 Å². The predicted octanol–water partition coefficient (Wildman–Crippen LogP) is 2.58. The van der Waals surface area contributed by atoms with Gasteiger partial charge in [0, 0.05) is 13.7 Å². The van der Waals surface area contributed by atoms with Crippen LogP contribution in [0, 0.1) is 5.41 Å². The zero-order valence-electron chi connectivity index (χ0n) is 9.94. The van der Waals surface area contributed by atoms with E-state index < -0.39 is 0 Å². The molecular weight excluding hydrogens is 174 g/mol. The van der Waals surface area contributed by atoms with E-state index in [-0.39, 0.29) is 0 Å². The summed E-state index contributed by atoms with van der Waals surface area (Å²) in [7, 11) is 1.82. The van der Waals surface area contributed by atoms with Gasteiger partial charge in [-0.15, -0.1) is 0 Å². The van der Waals surface area contributed by atoms with E-state index in [9.17, 15) is 0 Å². The molecule has 1 aliphatic rings. The van der Waals surface area contributed by atoms with Crippen molar-refractivity contribution in [3.63, 3.8) is 0 Å². The summed E-state index contributed by atoms with van der Waals surface area (Å²) in [5.74, 6) is 0. The summed E-state index contributed by atoms with van der Waals surface area (Å²) >= 11 is 0. The molecule has 14 heavy (non-hydrogen) atoms. The first-order chi connectivity index (χ1) is 6.72. The standard InChI is InChI=1S/C12H25NO/c1-4-8-13-10-12(6-5-7-12)9-11(2)14-3/h11,13H,4-10H2,1-3H3.